The third kappa shape index (κ3) is 3.15. The van der Waals surface area contributed by atoms with Crippen LogP contribution >= 0.6 is 11.6 Å². The first-order valence-electron chi connectivity index (χ1n) is 6.08. The Morgan fingerprint density at radius 2 is 1.95 bits per heavy atom. The van der Waals surface area contributed by atoms with Crippen LogP contribution in [-0.4, -0.2) is 21.7 Å². The first-order chi connectivity index (χ1) is 8.97. The molecule has 5 heteroatoms. The van der Waals surface area contributed by atoms with E-state index < -0.39 is 0 Å². The van der Waals surface area contributed by atoms with Gasteiger partial charge in [-0.05, 0) is 37.6 Å². The van der Waals surface area contributed by atoms with E-state index in [1.807, 2.05) is 45.2 Å². The molecule has 0 radical (unpaired) electrons. The van der Waals surface area contributed by atoms with Crippen LogP contribution in [0.15, 0.2) is 30.3 Å². The number of aryl methyl sites for hydroxylation is 1. The Kier molecular flexibility index (Phi) is 3.90. The third-order valence-corrected chi connectivity index (χ3v) is 2.92. The molecule has 100 valence electrons. The molecule has 0 atom stereocenters. The molecule has 19 heavy (non-hydrogen) atoms. The molecule has 0 saturated carbocycles. The van der Waals surface area contributed by atoms with E-state index in [0.717, 1.165) is 11.3 Å². The van der Waals surface area contributed by atoms with Crippen molar-refractivity contribution in [3.63, 3.8) is 0 Å². The van der Waals surface area contributed by atoms with Crippen molar-refractivity contribution < 1.29 is 4.79 Å². The van der Waals surface area contributed by atoms with Crippen LogP contribution in [0.5, 0.6) is 0 Å². The molecule has 2 aromatic rings. The summed E-state index contributed by atoms with van der Waals surface area (Å²) in [4.78, 5) is 11.9. The summed E-state index contributed by atoms with van der Waals surface area (Å²) in [5, 5.41) is 7.74. The van der Waals surface area contributed by atoms with E-state index >= 15 is 0 Å². The van der Waals surface area contributed by atoms with Gasteiger partial charge in [-0.2, -0.15) is 5.10 Å². The molecule has 1 heterocycles. The second kappa shape index (κ2) is 5.45. The summed E-state index contributed by atoms with van der Waals surface area (Å²) >= 11 is 5.87. The van der Waals surface area contributed by atoms with Gasteiger partial charge in [-0.15, -0.1) is 0 Å². The van der Waals surface area contributed by atoms with Crippen LogP contribution in [-0.2, 0) is 7.05 Å². The maximum absolute atomic E-state index is 11.9. The Morgan fingerprint density at radius 3 is 2.53 bits per heavy atom. The molecule has 4 nitrogen and oxygen atoms in total. The van der Waals surface area contributed by atoms with E-state index in [-0.39, 0.29) is 11.9 Å². The Morgan fingerprint density at radius 1 is 1.32 bits per heavy atom. The molecule has 0 aliphatic carbocycles. The number of benzene rings is 1. The summed E-state index contributed by atoms with van der Waals surface area (Å²) in [6.45, 7) is 3.84. The minimum absolute atomic E-state index is 0.0912. The van der Waals surface area contributed by atoms with Gasteiger partial charge in [0.05, 0.1) is 5.69 Å². The number of nitrogens with one attached hydrogen (secondary N) is 1. The van der Waals surface area contributed by atoms with Crippen LogP contribution in [0, 0.1) is 0 Å². The van der Waals surface area contributed by atoms with Crippen LogP contribution in [0.2, 0.25) is 5.02 Å². The number of hydrogen-bond acceptors (Lipinski definition) is 2. The van der Waals surface area contributed by atoms with Crippen molar-refractivity contribution in [2.75, 3.05) is 0 Å². The number of halogens is 1. The number of nitrogens with zero attached hydrogens (tertiary/aromatic N) is 2. The van der Waals surface area contributed by atoms with Gasteiger partial charge >= 0.3 is 0 Å². The van der Waals surface area contributed by atoms with Crippen LogP contribution in [0.3, 0.4) is 0 Å². The topological polar surface area (TPSA) is 46.9 Å². The van der Waals surface area contributed by atoms with Crippen LogP contribution < -0.4 is 5.32 Å². The maximum Gasteiger partial charge on any atom is 0.271 e. The second-order valence-corrected chi connectivity index (χ2v) is 5.11. The lowest BCUT2D eigenvalue weighted by Gasteiger charge is -2.04. The van der Waals surface area contributed by atoms with Gasteiger partial charge in [0.1, 0.15) is 0 Å². The summed E-state index contributed by atoms with van der Waals surface area (Å²) in [6, 6.07) is 9.32. The Labute approximate surface area is 117 Å². The lowest BCUT2D eigenvalue weighted by molar-refractivity contribution is 0.0937. The molecule has 1 aromatic carbocycles. The fourth-order valence-corrected chi connectivity index (χ4v) is 1.93. The lowest BCUT2D eigenvalue weighted by atomic mass is 10.1. The van der Waals surface area contributed by atoms with E-state index in [2.05, 4.69) is 10.4 Å². The largest absolute Gasteiger partial charge is 0.348 e. The van der Waals surface area contributed by atoms with Crippen molar-refractivity contribution in [2.24, 2.45) is 7.05 Å². The Bertz CT molecular complexity index is 587. The van der Waals surface area contributed by atoms with Crippen LogP contribution in [0.4, 0.5) is 0 Å². The van der Waals surface area contributed by atoms with Crippen molar-refractivity contribution in [1.82, 2.24) is 15.1 Å². The fraction of sp³-hybridized carbons (Fsp3) is 0.286. The predicted octanol–water partition coefficient (Wildman–Crippen LogP) is 2.88. The average Bonchev–Trinajstić information content (AvgIpc) is 2.72. The standard InChI is InChI=1S/C14H16ClN3O/c1-9(2)16-14(19)12-8-13(18(3)17-12)10-4-6-11(15)7-5-10/h4-9H,1-3H3,(H,16,19). The minimum Gasteiger partial charge on any atom is -0.348 e. The van der Waals surface area contributed by atoms with Gasteiger partial charge in [-0.1, -0.05) is 23.7 Å². The third-order valence-electron chi connectivity index (χ3n) is 2.67. The molecule has 0 saturated heterocycles. The molecule has 0 unspecified atom stereocenters. The van der Waals surface area contributed by atoms with Crippen LogP contribution in [0.1, 0.15) is 24.3 Å². The lowest BCUT2D eigenvalue weighted by Crippen LogP contribution is -2.30. The monoisotopic (exact) mass is 277 g/mol. The second-order valence-electron chi connectivity index (χ2n) is 4.67. The van der Waals surface area contributed by atoms with Gasteiger partial charge in [0, 0.05) is 18.1 Å². The number of amides is 1. The zero-order chi connectivity index (χ0) is 14.0. The van der Waals surface area contributed by atoms with Gasteiger partial charge in [-0.3, -0.25) is 9.48 Å². The van der Waals surface area contributed by atoms with Gasteiger partial charge in [-0.25, -0.2) is 0 Å². The van der Waals surface area contributed by atoms with Crippen molar-refractivity contribution >= 4 is 17.5 Å². The molecule has 0 spiro atoms. The summed E-state index contributed by atoms with van der Waals surface area (Å²) in [5.41, 5.74) is 2.27. The minimum atomic E-state index is -0.161. The van der Waals surface area contributed by atoms with Crippen molar-refractivity contribution in [2.45, 2.75) is 19.9 Å². The molecule has 1 aromatic heterocycles. The highest BCUT2D eigenvalue weighted by Gasteiger charge is 2.14. The zero-order valence-electron chi connectivity index (χ0n) is 11.1. The van der Waals surface area contributed by atoms with E-state index in [1.54, 1.807) is 10.7 Å². The van der Waals surface area contributed by atoms with Gasteiger partial charge in [0.2, 0.25) is 0 Å². The highest BCUT2D eigenvalue weighted by atomic mass is 35.5. The van der Waals surface area contributed by atoms with Crippen LogP contribution in [0.25, 0.3) is 11.3 Å². The molecule has 0 aliphatic heterocycles. The molecule has 0 bridgehead atoms. The highest BCUT2D eigenvalue weighted by Crippen LogP contribution is 2.21. The first kappa shape index (κ1) is 13.6. The smallest absolute Gasteiger partial charge is 0.271 e. The maximum atomic E-state index is 11.9. The number of aromatic nitrogens is 2. The summed E-state index contributed by atoms with van der Waals surface area (Å²) in [5.74, 6) is -0.161. The predicted molar refractivity (Wildman–Crippen MR) is 76.3 cm³/mol. The first-order valence-corrected chi connectivity index (χ1v) is 6.46. The van der Waals surface area contributed by atoms with Crippen molar-refractivity contribution in [3.05, 3.63) is 41.0 Å². The Balaban J connectivity index is 2.31. The van der Waals surface area contributed by atoms with E-state index in [4.69, 9.17) is 11.6 Å². The molecule has 0 fully saturated rings. The highest BCUT2D eigenvalue weighted by molar-refractivity contribution is 6.30. The fourth-order valence-electron chi connectivity index (χ4n) is 1.81. The summed E-state index contributed by atoms with van der Waals surface area (Å²) in [6.07, 6.45) is 0. The van der Waals surface area contributed by atoms with Gasteiger partial charge in [0.25, 0.3) is 5.91 Å². The number of carbonyl (C=O) groups excluding carboxylic acids is 1. The molecular weight excluding hydrogens is 262 g/mol. The molecule has 1 N–H and O–H groups in total. The Hall–Kier alpha value is -1.81. The van der Waals surface area contributed by atoms with Gasteiger partial charge in [0.15, 0.2) is 5.69 Å². The summed E-state index contributed by atoms with van der Waals surface area (Å²) < 4.78 is 1.69. The van der Waals surface area contributed by atoms with Crippen molar-refractivity contribution in [3.8, 4) is 11.3 Å². The molecule has 2 rings (SSSR count). The van der Waals surface area contributed by atoms with Gasteiger partial charge < -0.3 is 5.32 Å². The number of rotatable bonds is 3. The van der Waals surface area contributed by atoms with E-state index in [9.17, 15) is 4.79 Å². The molecular formula is C14H16ClN3O. The normalized spacial score (nSPS) is 10.8. The summed E-state index contributed by atoms with van der Waals surface area (Å²) in [7, 11) is 1.82. The zero-order valence-corrected chi connectivity index (χ0v) is 11.9. The molecule has 0 aliphatic rings. The SMILES string of the molecule is CC(C)NC(=O)c1cc(-c2ccc(Cl)cc2)n(C)n1. The number of carbonyl (C=O) groups is 1. The van der Waals surface area contributed by atoms with E-state index in [1.165, 1.54) is 0 Å². The number of hydrogen-bond donors (Lipinski definition) is 1. The molecule has 1 amide bonds. The van der Waals surface area contributed by atoms with Crippen molar-refractivity contribution in [1.29, 1.82) is 0 Å². The van der Waals surface area contributed by atoms with E-state index in [0.29, 0.717) is 10.7 Å². The average molecular weight is 278 g/mol. The quantitative estimate of drug-likeness (QED) is 0.938.